The summed E-state index contributed by atoms with van der Waals surface area (Å²) >= 11 is 0. The van der Waals surface area contributed by atoms with E-state index in [4.69, 9.17) is 29.1 Å². The lowest BCUT2D eigenvalue weighted by atomic mass is 9.95. The molecule has 7 aromatic rings. The highest BCUT2D eigenvalue weighted by Crippen LogP contribution is 2.37. The largest absolute Gasteiger partial charge is 0.448 e. The van der Waals surface area contributed by atoms with E-state index in [9.17, 15) is 9.18 Å². The van der Waals surface area contributed by atoms with Gasteiger partial charge in [0.25, 0.3) is 0 Å². The quantitative estimate of drug-likeness (QED) is 0.222. The fourth-order valence-electron chi connectivity index (χ4n) is 8.98. The molecule has 1 amide bonds. The van der Waals surface area contributed by atoms with Gasteiger partial charge < -0.3 is 33.7 Å². The molecule has 2 fully saturated rings. The van der Waals surface area contributed by atoms with E-state index >= 15 is 8.78 Å². The molecule has 2 saturated heterocycles. The van der Waals surface area contributed by atoms with E-state index in [0.717, 1.165) is 30.2 Å². The molecule has 3 aliphatic rings. The van der Waals surface area contributed by atoms with Crippen molar-refractivity contribution >= 4 is 45.6 Å². The highest BCUT2D eigenvalue weighted by Gasteiger charge is 2.41. The van der Waals surface area contributed by atoms with Gasteiger partial charge in [-0.1, -0.05) is 6.07 Å². The van der Waals surface area contributed by atoms with E-state index in [0.29, 0.717) is 83.8 Å². The van der Waals surface area contributed by atoms with Gasteiger partial charge >= 0.3 is 0 Å². The summed E-state index contributed by atoms with van der Waals surface area (Å²) in [6.07, 6.45) is 6.17. The number of fused-ring (bicyclic) bond motifs is 6. The number of oxazole rings is 1. The van der Waals surface area contributed by atoms with E-state index in [-0.39, 0.29) is 30.1 Å². The number of nitrogens with one attached hydrogen (secondary N) is 1. The lowest BCUT2D eigenvalue weighted by Crippen LogP contribution is -2.47. The van der Waals surface area contributed by atoms with Crippen LogP contribution >= 0.6 is 0 Å². The molecule has 5 aromatic heterocycles. The standard InChI is InChI=1S/C42H41F3N12O3/c1-23-48-33-15-26(44)13-29-32-5-4-6-37(50-32)49-27-16-35(41(58)53(2)20-28(59-3)21-55(23)38(29)33)56(19-27)39-30-17-47-57(34-8-7-25(43)14-31(34)45)40(30)52-42(51-39)54-11-9-24(10-12-54)36-18-46-22-60-36/h4-8,13-15,17-18,22,24,27-28,35H,9-12,16,19-21H2,1-3H3,(H,49,50)/t27-,28-,35-/m0/s1. The Morgan fingerprint density at radius 2 is 1.78 bits per heavy atom. The summed E-state index contributed by atoms with van der Waals surface area (Å²) in [6, 6.07) is 10.7. The third-order valence-corrected chi connectivity index (χ3v) is 12.0. The second-order valence-electron chi connectivity index (χ2n) is 15.7. The van der Waals surface area contributed by atoms with Crippen LogP contribution in [0.2, 0.25) is 0 Å². The fraction of sp³-hybridized carbons (Fsp3) is 0.357. The average Bonchev–Trinajstić information content (AvgIpc) is 4.07. The predicted molar refractivity (Wildman–Crippen MR) is 217 cm³/mol. The number of ether oxygens (including phenoxy) is 1. The molecule has 2 aromatic carbocycles. The van der Waals surface area contributed by atoms with Gasteiger partial charge in [-0.25, -0.2) is 32.8 Å². The minimum Gasteiger partial charge on any atom is -0.448 e. The number of benzene rings is 2. The van der Waals surface area contributed by atoms with Crippen LogP contribution in [0.4, 0.5) is 30.8 Å². The Morgan fingerprint density at radius 1 is 0.933 bits per heavy atom. The van der Waals surface area contributed by atoms with E-state index in [1.54, 1.807) is 31.5 Å². The third kappa shape index (κ3) is 6.64. The monoisotopic (exact) mass is 818 g/mol. The summed E-state index contributed by atoms with van der Waals surface area (Å²) < 4.78 is 59.6. The number of nitrogens with zero attached hydrogens (tertiary/aromatic N) is 11. The molecule has 8 heterocycles. The first-order chi connectivity index (χ1) is 29.1. The average molecular weight is 819 g/mol. The van der Waals surface area contributed by atoms with Gasteiger partial charge in [-0.05, 0) is 56.5 Å². The van der Waals surface area contributed by atoms with Crippen molar-refractivity contribution in [1.29, 1.82) is 0 Å². The zero-order valence-electron chi connectivity index (χ0n) is 33.1. The number of pyridine rings is 1. The van der Waals surface area contributed by atoms with Gasteiger partial charge in [0.1, 0.15) is 46.6 Å². The summed E-state index contributed by atoms with van der Waals surface area (Å²) in [5.41, 5.74) is 2.69. The molecule has 15 nitrogen and oxygen atoms in total. The lowest BCUT2D eigenvalue weighted by molar-refractivity contribution is -0.132. The number of imidazole rings is 1. The van der Waals surface area contributed by atoms with Crippen molar-refractivity contribution in [2.24, 2.45) is 0 Å². The Hall–Kier alpha value is -6.56. The minimum absolute atomic E-state index is 0.0178. The van der Waals surface area contributed by atoms with Crippen LogP contribution in [0.25, 0.3) is 39.0 Å². The fourth-order valence-corrected chi connectivity index (χ4v) is 8.98. The van der Waals surface area contributed by atoms with Crippen LogP contribution in [-0.4, -0.2) is 109 Å². The normalized spacial score (nSPS) is 20.2. The summed E-state index contributed by atoms with van der Waals surface area (Å²) in [5, 5.41) is 8.61. The van der Waals surface area contributed by atoms with Gasteiger partial charge in [0.05, 0.1) is 47.2 Å². The van der Waals surface area contributed by atoms with E-state index < -0.39 is 29.6 Å². The van der Waals surface area contributed by atoms with Crippen molar-refractivity contribution in [3.05, 3.63) is 96.4 Å². The van der Waals surface area contributed by atoms with Gasteiger partial charge in [0.15, 0.2) is 17.9 Å². The van der Waals surface area contributed by atoms with Crippen molar-refractivity contribution in [1.82, 2.24) is 44.2 Å². The van der Waals surface area contributed by atoms with E-state index in [2.05, 4.69) is 20.3 Å². The Kier molecular flexibility index (Phi) is 9.37. The minimum atomic E-state index is -0.803. The second-order valence-corrected chi connectivity index (χ2v) is 15.7. The number of halogens is 3. The number of rotatable bonds is 5. The molecule has 0 aliphatic carbocycles. The molecule has 18 heteroatoms. The molecular formula is C42H41F3N12O3. The van der Waals surface area contributed by atoms with Crippen LogP contribution in [-0.2, 0) is 16.1 Å². The number of methoxy groups -OCH3 is 1. The van der Waals surface area contributed by atoms with Crippen LogP contribution in [0.15, 0.2) is 71.7 Å². The summed E-state index contributed by atoms with van der Waals surface area (Å²) in [5.74, 6) is 0.942. The van der Waals surface area contributed by atoms with Crippen LogP contribution < -0.4 is 15.1 Å². The number of amides is 1. The van der Waals surface area contributed by atoms with Gasteiger partial charge in [0, 0.05) is 70.0 Å². The molecule has 0 spiro atoms. The molecule has 1 N–H and O–H groups in total. The van der Waals surface area contributed by atoms with Crippen LogP contribution in [0.3, 0.4) is 0 Å². The summed E-state index contributed by atoms with van der Waals surface area (Å²) in [7, 11) is 3.36. The Morgan fingerprint density at radius 3 is 2.57 bits per heavy atom. The number of likely N-dealkylation sites (N-methyl/N-ethyl adjacent to an activating group) is 1. The van der Waals surface area contributed by atoms with Crippen molar-refractivity contribution in [2.75, 3.05) is 55.5 Å². The number of aromatic nitrogens is 8. The molecule has 0 saturated carbocycles. The Labute approximate surface area is 341 Å². The summed E-state index contributed by atoms with van der Waals surface area (Å²) in [4.78, 5) is 44.4. The highest BCUT2D eigenvalue weighted by molar-refractivity contribution is 5.94. The smallest absolute Gasteiger partial charge is 0.245 e. The predicted octanol–water partition coefficient (Wildman–Crippen LogP) is 5.87. The van der Waals surface area contributed by atoms with Crippen molar-refractivity contribution in [2.45, 2.75) is 56.8 Å². The summed E-state index contributed by atoms with van der Waals surface area (Å²) in [6.45, 7) is 3.97. The topological polar surface area (TPSA) is 148 Å². The van der Waals surface area contributed by atoms with E-state index in [1.807, 2.05) is 34.6 Å². The highest BCUT2D eigenvalue weighted by atomic mass is 19.1. The number of carbonyl (C=O) groups is 1. The lowest BCUT2D eigenvalue weighted by Gasteiger charge is -2.33. The molecule has 0 radical (unpaired) electrons. The first-order valence-corrected chi connectivity index (χ1v) is 19.9. The third-order valence-electron chi connectivity index (χ3n) is 12.0. The van der Waals surface area contributed by atoms with E-state index in [1.165, 1.54) is 35.3 Å². The van der Waals surface area contributed by atoms with Crippen LogP contribution in [0.1, 0.15) is 36.8 Å². The molecule has 60 heavy (non-hydrogen) atoms. The Balaban J connectivity index is 1.08. The number of carbonyl (C=O) groups excluding carboxylic acids is 1. The van der Waals surface area contributed by atoms with Crippen molar-refractivity contribution in [3.63, 3.8) is 0 Å². The van der Waals surface area contributed by atoms with Crippen molar-refractivity contribution < 1.29 is 27.1 Å². The van der Waals surface area contributed by atoms with Crippen LogP contribution in [0, 0.1) is 24.4 Å². The number of piperidine rings is 1. The zero-order chi connectivity index (χ0) is 41.2. The van der Waals surface area contributed by atoms with Gasteiger partial charge in [-0.15, -0.1) is 0 Å². The first kappa shape index (κ1) is 37.7. The maximum absolute atomic E-state index is 15.4. The van der Waals surface area contributed by atoms with Gasteiger partial charge in [-0.2, -0.15) is 15.1 Å². The molecule has 3 aliphatic heterocycles. The number of anilines is 3. The maximum Gasteiger partial charge on any atom is 0.245 e. The zero-order valence-corrected chi connectivity index (χ0v) is 33.1. The molecule has 3 atom stereocenters. The number of aryl methyl sites for hydroxylation is 1. The second kappa shape index (κ2) is 14.9. The molecule has 308 valence electrons. The number of hydrogen-bond donors (Lipinski definition) is 1. The molecule has 0 unspecified atom stereocenters. The number of hydrogen-bond acceptors (Lipinski definition) is 12. The van der Waals surface area contributed by atoms with Gasteiger partial charge in [0.2, 0.25) is 11.9 Å². The van der Waals surface area contributed by atoms with Crippen molar-refractivity contribution in [3.8, 4) is 16.9 Å². The molecular weight excluding hydrogens is 778 g/mol. The van der Waals surface area contributed by atoms with Crippen LogP contribution in [0.5, 0.6) is 0 Å². The van der Waals surface area contributed by atoms with Gasteiger partial charge in [-0.3, -0.25) is 4.79 Å². The first-order valence-electron chi connectivity index (χ1n) is 19.9. The Bertz CT molecular complexity index is 2750. The SMILES string of the molecule is CO[C@H]1CN(C)C(=O)[C@@H]2C[C@@H](CN2c2nc(N3CCC(c4cnco4)CC3)nc3c2cnn3-c2ccc(F)cc2F)Nc2cccc(n2)-c2cc(F)cc3nc(C)n(c23)C1. The molecule has 4 bridgehead atoms. The maximum atomic E-state index is 15.4. The molecule has 10 rings (SSSR count).